The van der Waals surface area contributed by atoms with E-state index in [4.69, 9.17) is 0 Å². The monoisotopic (exact) mass is 172 g/mol. The van der Waals surface area contributed by atoms with Crippen molar-refractivity contribution in [3.05, 3.63) is 48.0 Å². The Hall–Kier alpha value is -1.04. The minimum Gasteiger partial charge on any atom is -0.0885 e. The lowest BCUT2D eigenvalue weighted by Crippen LogP contribution is -1.96. The van der Waals surface area contributed by atoms with Gasteiger partial charge >= 0.3 is 0 Å². The maximum absolute atomic E-state index is 2.32. The zero-order valence-corrected chi connectivity index (χ0v) is 7.95. The van der Waals surface area contributed by atoms with Gasteiger partial charge in [-0.15, -0.1) is 0 Å². The van der Waals surface area contributed by atoms with E-state index in [0.717, 1.165) is 5.92 Å². The van der Waals surface area contributed by atoms with E-state index in [-0.39, 0.29) is 0 Å². The van der Waals surface area contributed by atoms with Gasteiger partial charge in [0.2, 0.25) is 0 Å². The Labute approximate surface area is 80.3 Å². The summed E-state index contributed by atoms with van der Waals surface area (Å²) in [5.41, 5.74) is 1.52. The number of hydrogen-bond acceptors (Lipinski definition) is 0. The van der Waals surface area contributed by atoms with Gasteiger partial charge in [0.25, 0.3) is 0 Å². The molecular weight excluding hydrogens is 156 g/mol. The van der Waals surface area contributed by atoms with E-state index in [9.17, 15) is 0 Å². The van der Waals surface area contributed by atoms with Gasteiger partial charge < -0.3 is 0 Å². The van der Waals surface area contributed by atoms with Crippen molar-refractivity contribution in [1.82, 2.24) is 0 Å². The molecule has 1 aliphatic carbocycles. The third-order valence-corrected chi connectivity index (χ3v) is 2.80. The summed E-state index contributed by atoms with van der Waals surface area (Å²) in [5, 5.41) is 0. The molecule has 0 heteroatoms. The molecule has 0 amide bonds. The molecule has 1 aromatic carbocycles. The van der Waals surface area contributed by atoms with E-state index in [2.05, 4.69) is 42.5 Å². The summed E-state index contributed by atoms with van der Waals surface area (Å²) in [4.78, 5) is 0. The van der Waals surface area contributed by atoms with Crippen molar-refractivity contribution in [1.29, 1.82) is 0 Å². The Balaban J connectivity index is 2.09. The Morgan fingerprint density at radius 2 is 1.46 bits per heavy atom. The summed E-state index contributed by atoms with van der Waals surface area (Å²) in [5.74, 6) is 0.788. The molecule has 0 saturated heterocycles. The predicted octanol–water partition coefficient (Wildman–Crippen LogP) is 3.90. The van der Waals surface area contributed by atoms with Crippen LogP contribution in [0, 0.1) is 0 Å². The van der Waals surface area contributed by atoms with Gasteiger partial charge in [0, 0.05) is 0 Å². The Morgan fingerprint density at radius 1 is 0.846 bits per heavy atom. The second-order valence-electron chi connectivity index (χ2n) is 3.73. The van der Waals surface area contributed by atoms with Crippen LogP contribution in [0.5, 0.6) is 0 Å². The molecule has 13 heavy (non-hydrogen) atoms. The topological polar surface area (TPSA) is 0 Å². The van der Waals surface area contributed by atoms with Crippen LogP contribution in [0.1, 0.15) is 37.2 Å². The molecule has 0 unspecified atom stereocenters. The highest BCUT2D eigenvalue weighted by atomic mass is 14.2. The van der Waals surface area contributed by atoms with E-state index < -0.39 is 0 Å². The van der Waals surface area contributed by atoms with Crippen LogP contribution < -0.4 is 0 Å². The summed E-state index contributed by atoms with van der Waals surface area (Å²) >= 11 is 0. The fourth-order valence-corrected chi connectivity index (χ4v) is 2.03. The Bertz CT molecular complexity index is 261. The van der Waals surface area contributed by atoms with Crippen molar-refractivity contribution >= 4 is 0 Å². The molecule has 0 aliphatic heterocycles. The number of benzene rings is 1. The van der Waals surface area contributed by atoms with Crippen LogP contribution in [0.25, 0.3) is 0 Å². The van der Waals surface area contributed by atoms with Gasteiger partial charge in [0.1, 0.15) is 0 Å². The highest BCUT2D eigenvalue weighted by molar-refractivity contribution is 5.20. The van der Waals surface area contributed by atoms with Crippen LogP contribution in [0.2, 0.25) is 0 Å². The molecule has 0 N–H and O–H groups in total. The Morgan fingerprint density at radius 3 is 2.08 bits per heavy atom. The van der Waals surface area contributed by atoms with Crippen LogP contribution >= 0.6 is 0 Å². The minimum absolute atomic E-state index is 0.788. The zero-order chi connectivity index (χ0) is 8.93. The van der Waals surface area contributed by atoms with Gasteiger partial charge in [0.15, 0.2) is 0 Å². The smallest absolute Gasteiger partial charge is 0.0156 e. The molecule has 0 spiro atoms. The molecular formula is C13H16. The number of allylic oxidation sites excluding steroid dienone is 2. The van der Waals surface area contributed by atoms with E-state index in [1.165, 1.54) is 31.2 Å². The maximum atomic E-state index is 2.32. The molecule has 0 fully saturated rings. The lowest BCUT2D eigenvalue weighted by Gasteiger charge is -2.13. The lowest BCUT2D eigenvalue weighted by atomic mass is 9.92. The van der Waals surface area contributed by atoms with Gasteiger partial charge in [-0.3, -0.25) is 0 Å². The molecule has 2 rings (SSSR count). The van der Waals surface area contributed by atoms with E-state index in [0.29, 0.717) is 0 Å². The van der Waals surface area contributed by atoms with E-state index >= 15 is 0 Å². The summed E-state index contributed by atoms with van der Waals surface area (Å²) < 4.78 is 0. The van der Waals surface area contributed by atoms with Crippen molar-refractivity contribution < 1.29 is 0 Å². The van der Waals surface area contributed by atoms with Gasteiger partial charge in [-0.25, -0.2) is 0 Å². The second-order valence-corrected chi connectivity index (χ2v) is 3.73. The minimum atomic E-state index is 0.788. The summed E-state index contributed by atoms with van der Waals surface area (Å²) in [6.07, 6.45) is 9.78. The number of hydrogen-bond donors (Lipinski definition) is 0. The molecule has 1 aliphatic rings. The fourth-order valence-electron chi connectivity index (χ4n) is 2.03. The first-order chi connectivity index (χ1) is 6.47. The summed E-state index contributed by atoms with van der Waals surface area (Å²) in [6.45, 7) is 0. The largest absolute Gasteiger partial charge is 0.0885 e. The van der Waals surface area contributed by atoms with Gasteiger partial charge in [-0.1, -0.05) is 42.5 Å². The molecule has 1 aromatic rings. The van der Waals surface area contributed by atoms with E-state index in [1.54, 1.807) is 0 Å². The van der Waals surface area contributed by atoms with Gasteiger partial charge in [-0.2, -0.15) is 0 Å². The quantitative estimate of drug-likeness (QED) is 0.563. The van der Waals surface area contributed by atoms with Gasteiger partial charge in [-0.05, 0) is 37.2 Å². The highest BCUT2D eigenvalue weighted by Gasteiger charge is 2.10. The molecule has 0 heterocycles. The van der Waals surface area contributed by atoms with Crippen LogP contribution in [-0.2, 0) is 0 Å². The van der Waals surface area contributed by atoms with Crippen molar-refractivity contribution in [3.63, 3.8) is 0 Å². The fraction of sp³-hybridized carbons (Fsp3) is 0.385. The maximum Gasteiger partial charge on any atom is -0.0156 e. The first-order valence-electron chi connectivity index (χ1n) is 5.17. The molecule has 68 valence electrons. The first-order valence-corrected chi connectivity index (χ1v) is 5.17. The van der Waals surface area contributed by atoms with Crippen LogP contribution in [-0.4, -0.2) is 0 Å². The summed E-state index contributed by atoms with van der Waals surface area (Å²) in [7, 11) is 0. The predicted molar refractivity (Wildman–Crippen MR) is 56.8 cm³/mol. The lowest BCUT2D eigenvalue weighted by molar-refractivity contribution is 0.603. The molecule has 0 aromatic heterocycles. The molecule has 0 bridgehead atoms. The van der Waals surface area contributed by atoms with E-state index in [1.807, 2.05) is 0 Å². The van der Waals surface area contributed by atoms with Crippen molar-refractivity contribution in [2.75, 3.05) is 0 Å². The molecule has 0 radical (unpaired) electrons. The first kappa shape index (κ1) is 8.55. The molecule has 0 nitrogen and oxygen atoms in total. The third-order valence-electron chi connectivity index (χ3n) is 2.80. The summed E-state index contributed by atoms with van der Waals surface area (Å²) in [6, 6.07) is 10.9. The zero-order valence-electron chi connectivity index (χ0n) is 7.95. The van der Waals surface area contributed by atoms with Crippen molar-refractivity contribution in [3.8, 4) is 0 Å². The average molecular weight is 172 g/mol. The standard InChI is InChI=1S/C13H16/c1-2-5-9-12(8-4-1)13-10-6-3-7-11-13/h1-3,6-7,10-12H,4-5,8-9H2. The van der Waals surface area contributed by atoms with Crippen LogP contribution in [0.15, 0.2) is 42.5 Å². The molecule has 0 atom stereocenters. The highest BCUT2D eigenvalue weighted by Crippen LogP contribution is 2.28. The second kappa shape index (κ2) is 4.27. The van der Waals surface area contributed by atoms with Crippen molar-refractivity contribution in [2.24, 2.45) is 0 Å². The average Bonchev–Trinajstić information content (AvgIpc) is 2.47. The van der Waals surface area contributed by atoms with Crippen LogP contribution in [0.3, 0.4) is 0 Å². The van der Waals surface area contributed by atoms with Crippen molar-refractivity contribution in [2.45, 2.75) is 31.6 Å². The third kappa shape index (κ3) is 2.21. The SMILES string of the molecule is C1=CCCC(c2ccccc2)CC1. The van der Waals surface area contributed by atoms with Gasteiger partial charge in [0.05, 0.1) is 0 Å². The number of rotatable bonds is 1. The Kier molecular flexibility index (Phi) is 2.81. The van der Waals surface area contributed by atoms with Crippen LogP contribution in [0.4, 0.5) is 0 Å². The molecule has 0 saturated carbocycles. The normalized spacial score (nSPS) is 18.5.